The lowest BCUT2D eigenvalue weighted by atomic mass is 10.0. The highest BCUT2D eigenvalue weighted by Crippen LogP contribution is 2.45. The smallest absolute Gasteiger partial charge is 0.358 e. The van der Waals surface area contributed by atoms with Crippen LogP contribution < -0.4 is 9.47 Å². The summed E-state index contributed by atoms with van der Waals surface area (Å²) in [5, 5.41) is 12.4. The van der Waals surface area contributed by atoms with Gasteiger partial charge in [0.25, 0.3) is 0 Å². The van der Waals surface area contributed by atoms with Crippen molar-refractivity contribution in [2.45, 2.75) is 13.8 Å². The topological polar surface area (TPSA) is 81.8 Å². The van der Waals surface area contributed by atoms with Crippen molar-refractivity contribution < 1.29 is 23.9 Å². The van der Waals surface area contributed by atoms with Gasteiger partial charge >= 0.3 is 5.97 Å². The second-order valence-electron chi connectivity index (χ2n) is 4.31. The molecule has 1 aliphatic heterocycles. The SMILES string of the molecule is Cc1cc(-c2cc(C(=O)O)no2)c2c(c1C)OCO2. The lowest BCUT2D eigenvalue weighted by molar-refractivity contribution is 0.0686. The van der Waals surface area contributed by atoms with Crippen LogP contribution >= 0.6 is 0 Å². The van der Waals surface area contributed by atoms with Crippen LogP contribution in [-0.4, -0.2) is 23.0 Å². The molecule has 0 amide bonds. The van der Waals surface area contributed by atoms with Gasteiger partial charge in [0.1, 0.15) is 0 Å². The number of aromatic nitrogens is 1. The Morgan fingerprint density at radius 3 is 2.68 bits per heavy atom. The minimum Gasteiger partial charge on any atom is -0.476 e. The maximum absolute atomic E-state index is 10.8. The predicted molar refractivity (Wildman–Crippen MR) is 64.5 cm³/mol. The first-order valence-electron chi connectivity index (χ1n) is 5.68. The molecule has 19 heavy (non-hydrogen) atoms. The summed E-state index contributed by atoms with van der Waals surface area (Å²) in [4.78, 5) is 10.8. The van der Waals surface area contributed by atoms with Crippen molar-refractivity contribution in [1.82, 2.24) is 5.16 Å². The zero-order chi connectivity index (χ0) is 13.6. The van der Waals surface area contributed by atoms with Gasteiger partial charge in [0, 0.05) is 6.07 Å². The average molecular weight is 261 g/mol. The molecule has 0 atom stereocenters. The Labute approximate surface area is 108 Å². The number of carboxylic acid groups (broad SMARTS) is 1. The number of benzene rings is 1. The van der Waals surface area contributed by atoms with E-state index >= 15 is 0 Å². The number of hydrogen-bond donors (Lipinski definition) is 1. The minimum absolute atomic E-state index is 0.138. The number of nitrogens with zero attached hydrogens (tertiary/aromatic N) is 1. The Hall–Kier alpha value is -2.50. The largest absolute Gasteiger partial charge is 0.476 e. The van der Waals surface area contributed by atoms with Gasteiger partial charge in [0.2, 0.25) is 6.79 Å². The molecule has 2 aromatic rings. The standard InChI is InChI=1S/C13H11NO5/c1-6-3-8(10-4-9(13(15)16)14-19-10)12-11(7(6)2)17-5-18-12/h3-4H,5H2,1-2H3,(H,15,16). The van der Waals surface area contributed by atoms with E-state index in [0.717, 1.165) is 11.1 Å². The lowest BCUT2D eigenvalue weighted by Crippen LogP contribution is -1.94. The molecule has 0 bridgehead atoms. The Morgan fingerprint density at radius 2 is 2.00 bits per heavy atom. The highest BCUT2D eigenvalue weighted by atomic mass is 16.7. The number of ether oxygens (including phenoxy) is 2. The van der Waals surface area contributed by atoms with Gasteiger partial charge < -0.3 is 19.1 Å². The van der Waals surface area contributed by atoms with Gasteiger partial charge in [-0.2, -0.15) is 0 Å². The quantitative estimate of drug-likeness (QED) is 0.893. The molecule has 1 aromatic carbocycles. The average Bonchev–Trinajstić information content (AvgIpc) is 3.02. The van der Waals surface area contributed by atoms with Gasteiger partial charge in [-0.3, -0.25) is 0 Å². The Balaban J connectivity index is 2.17. The maximum Gasteiger partial charge on any atom is 0.358 e. The molecule has 98 valence electrons. The minimum atomic E-state index is -1.13. The summed E-state index contributed by atoms with van der Waals surface area (Å²) < 4.78 is 15.9. The van der Waals surface area contributed by atoms with Gasteiger partial charge in [-0.25, -0.2) is 4.79 Å². The normalized spacial score (nSPS) is 12.7. The number of rotatable bonds is 2. The van der Waals surface area contributed by atoms with E-state index in [1.54, 1.807) is 0 Å². The van der Waals surface area contributed by atoms with Gasteiger partial charge in [-0.05, 0) is 31.0 Å². The highest BCUT2D eigenvalue weighted by Gasteiger charge is 2.25. The van der Waals surface area contributed by atoms with Crippen LogP contribution in [0, 0.1) is 13.8 Å². The Bertz CT molecular complexity index is 674. The number of aromatic carboxylic acids is 1. The summed E-state index contributed by atoms with van der Waals surface area (Å²) in [5.41, 5.74) is 2.51. The van der Waals surface area contributed by atoms with E-state index in [9.17, 15) is 4.79 Å². The van der Waals surface area contributed by atoms with E-state index in [1.807, 2.05) is 19.9 Å². The van der Waals surface area contributed by atoms with Crippen LogP contribution in [0.3, 0.4) is 0 Å². The predicted octanol–water partition coefficient (Wildman–Crippen LogP) is 2.39. The van der Waals surface area contributed by atoms with Gasteiger partial charge in [0.15, 0.2) is 23.0 Å². The molecule has 6 nitrogen and oxygen atoms in total. The van der Waals surface area contributed by atoms with Crippen LogP contribution in [0.25, 0.3) is 11.3 Å². The van der Waals surface area contributed by atoms with E-state index in [-0.39, 0.29) is 12.5 Å². The number of hydrogen-bond acceptors (Lipinski definition) is 5. The molecule has 0 spiro atoms. The Kier molecular flexibility index (Phi) is 2.45. The van der Waals surface area contributed by atoms with Crippen molar-refractivity contribution in [3.05, 3.63) is 29.0 Å². The van der Waals surface area contributed by atoms with Crippen LogP contribution in [0.5, 0.6) is 11.5 Å². The molecule has 0 radical (unpaired) electrons. The van der Waals surface area contributed by atoms with E-state index in [2.05, 4.69) is 5.16 Å². The van der Waals surface area contributed by atoms with E-state index < -0.39 is 5.97 Å². The third-order valence-electron chi connectivity index (χ3n) is 3.15. The van der Waals surface area contributed by atoms with Crippen molar-refractivity contribution >= 4 is 5.97 Å². The second-order valence-corrected chi connectivity index (χ2v) is 4.31. The number of aryl methyl sites for hydroxylation is 1. The van der Waals surface area contributed by atoms with Crippen LogP contribution in [0.2, 0.25) is 0 Å². The zero-order valence-corrected chi connectivity index (χ0v) is 10.4. The fourth-order valence-electron chi connectivity index (χ4n) is 2.01. The second kappa shape index (κ2) is 4.01. The monoisotopic (exact) mass is 261 g/mol. The molecule has 2 heterocycles. The number of carboxylic acids is 1. The van der Waals surface area contributed by atoms with Crippen LogP contribution in [0.4, 0.5) is 0 Å². The van der Waals surface area contributed by atoms with Gasteiger partial charge in [0.05, 0.1) is 5.56 Å². The fourth-order valence-corrected chi connectivity index (χ4v) is 2.01. The molecule has 0 aliphatic carbocycles. The van der Waals surface area contributed by atoms with E-state index in [1.165, 1.54) is 6.07 Å². The first-order valence-corrected chi connectivity index (χ1v) is 5.68. The van der Waals surface area contributed by atoms with Crippen molar-refractivity contribution in [1.29, 1.82) is 0 Å². The van der Waals surface area contributed by atoms with Crippen molar-refractivity contribution in [2.24, 2.45) is 0 Å². The molecule has 1 aromatic heterocycles. The lowest BCUT2D eigenvalue weighted by Gasteiger charge is -2.08. The Morgan fingerprint density at radius 1 is 1.26 bits per heavy atom. The summed E-state index contributed by atoms with van der Waals surface area (Å²) in [6, 6.07) is 3.24. The molecule has 1 aliphatic rings. The summed E-state index contributed by atoms with van der Waals surface area (Å²) in [6.07, 6.45) is 0. The first kappa shape index (κ1) is 11.6. The van der Waals surface area contributed by atoms with E-state index in [0.29, 0.717) is 22.8 Å². The van der Waals surface area contributed by atoms with Crippen LogP contribution in [-0.2, 0) is 0 Å². The summed E-state index contributed by atoms with van der Waals surface area (Å²) >= 11 is 0. The third-order valence-corrected chi connectivity index (χ3v) is 3.15. The summed E-state index contributed by atoms with van der Waals surface area (Å²) in [7, 11) is 0. The van der Waals surface area contributed by atoms with Crippen molar-refractivity contribution in [3.63, 3.8) is 0 Å². The molecular weight excluding hydrogens is 250 g/mol. The molecule has 0 fully saturated rings. The molecular formula is C13H11NO5. The van der Waals surface area contributed by atoms with Gasteiger partial charge in [-0.15, -0.1) is 0 Å². The number of fused-ring (bicyclic) bond motifs is 1. The maximum atomic E-state index is 10.8. The molecule has 3 rings (SSSR count). The molecule has 0 saturated carbocycles. The van der Waals surface area contributed by atoms with Crippen LogP contribution in [0.15, 0.2) is 16.7 Å². The highest BCUT2D eigenvalue weighted by molar-refractivity contribution is 5.87. The molecule has 1 N–H and O–H groups in total. The number of carbonyl (C=O) groups is 1. The molecule has 0 unspecified atom stereocenters. The fraction of sp³-hybridized carbons (Fsp3) is 0.231. The van der Waals surface area contributed by atoms with Gasteiger partial charge in [-0.1, -0.05) is 5.16 Å². The third kappa shape index (κ3) is 1.72. The first-order chi connectivity index (χ1) is 9.08. The summed E-state index contributed by atoms with van der Waals surface area (Å²) in [5.74, 6) is 0.453. The van der Waals surface area contributed by atoms with Crippen molar-refractivity contribution in [3.8, 4) is 22.8 Å². The van der Waals surface area contributed by atoms with Crippen LogP contribution in [0.1, 0.15) is 21.6 Å². The summed E-state index contributed by atoms with van der Waals surface area (Å²) in [6.45, 7) is 4.03. The van der Waals surface area contributed by atoms with Crippen molar-refractivity contribution in [2.75, 3.05) is 6.79 Å². The molecule has 0 saturated heterocycles. The molecule has 6 heteroatoms. The van der Waals surface area contributed by atoms with E-state index in [4.69, 9.17) is 19.1 Å². The zero-order valence-electron chi connectivity index (χ0n) is 10.4.